The van der Waals surface area contributed by atoms with Crippen LogP contribution in [-0.4, -0.2) is 18.5 Å². The highest BCUT2D eigenvalue weighted by atomic mass is 35.5. The maximum absolute atomic E-state index is 6.28. The lowest BCUT2D eigenvalue weighted by Crippen LogP contribution is -2.30. The molecule has 0 spiro atoms. The molecular weight excluding hydrogens is 291 g/mol. The van der Waals surface area contributed by atoms with Gasteiger partial charge >= 0.3 is 0 Å². The minimum Gasteiger partial charge on any atom is -0.329 e. The Hall–Kier alpha value is -1.06. The highest BCUT2D eigenvalue weighted by molar-refractivity contribution is 6.35. The number of halogens is 2. The van der Waals surface area contributed by atoms with Crippen molar-refractivity contribution in [1.82, 2.24) is 4.90 Å². The first-order valence-electron chi connectivity index (χ1n) is 6.51. The molecule has 4 heteroatoms. The minimum atomic E-state index is 0.0694. The van der Waals surface area contributed by atoms with Crippen molar-refractivity contribution in [2.45, 2.75) is 12.6 Å². The maximum atomic E-state index is 6.28. The monoisotopic (exact) mass is 308 g/mol. The molecule has 0 aliphatic carbocycles. The first kappa shape index (κ1) is 15.3. The molecule has 0 aliphatic rings. The van der Waals surface area contributed by atoms with Crippen molar-refractivity contribution in [3.63, 3.8) is 0 Å². The molecule has 2 aromatic carbocycles. The molecule has 2 rings (SSSR count). The average molecular weight is 309 g/mol. The summed E-state index contributed by atoms with van der Waals surface area (Å²) in [5, 5.41) is 1.30. The van der Waals surface area contributed by atoms with E-state index in [1.54, 1.807) is 6.07 Å². The number of hydrogen-bond donors (Lipinski definition) is 1. The molecule has 2 aromatic rings. The van der Waals surface area contributed by atoms with Crippen LogP contribution in [0, 0.1) is 0 Å². The van der Waals surface area contributed by atoms with Crippen LogP contribution >= 0.6 is 23.2 Å². The fourth-order valence-electron chi connectivity index (χ4n) is 2.30. The SMILES string of the molecule is CN(Cc1ccccc1)C(CN)c1ccc(Cl)cc1Cl. The van der Waals surface area contributed by atoms with Crippen molar-refractivity contribution in [2.75, 3.05) is 13.6 Å². The Morgan fingerprint density at radius 3 is 2.40 bits per heavy atom. The maximum Gasteiger partial charge on any atom is 0.0485 e. The van der Waals surface area contributed by atoms with Gasteiger partial charge in [-0.2, -0.15) is 0 Å². The molecule has 0 aliphatic heterocycles. The van der Waals surface area contributed by atoms with Gasteiger partial charge in [-0.3, -0.25) is 4.90 Å². The lowest BCUT2D eigenvalue weighted by Gasteiger charge is -2.28. The normalized spacial score (nSPS) is 12.7. The summed E-state index contributed by atoms with van der Waals surface area (Å²) in [5.74, 6) is 0. The molecule has 0 heterocycles. The van der Waals surface area contributed by atoms with E-state index in [1.165, 1.54) is 5.56 Å². The molecule has 106 valence electrons. The molecule has 0 saturated heterocycles. The summed E-state index contributed by atoms with van der Waals surface area (Å²) < 4.78 is 0. The third kappa shape index (κ3) is 3.74. The van der Waals surface area contributed by atoms with E-state index in [4.69, 9.17) is 28.9 Å². The van der Waals surface area contributed by atoms with Crippen LogP contribution in [0.5, 0.6) is 0 Å². The van der Waals surface area contributed by atoms with Gasteiger partial charge in [0.15, 0.2) is 0 Å². The second-order valence-corrected chi connectivity index (χ2v) is 5.66. The Bertz CT molecular complexity index is 558. The second kappa shape index (κ2) is 7.09. The van der Waals surface area contributed by atoms with Gasteiger partial charge in [0.25, 0.3) is 0 Å². The molecule has 2 N–H and O–H groups in total. The van der Waals surface area contributed by atoms with Crippen LogP contribution in [0.1, 0.15) is 17.2 Å². The quantitative estimate of drug-likeness (QED) is 0.900. The van der Waals surface area contributed by atoms with Crippen molar-refractivity contribution in [2.24, 2.45) is 5.73 Å². The summed E-state index contributed by atoms with van der Waals surface area (Å²) in [7, 11) is 2.05. The molecule has 0 bridgehead atoms. The molecule has 2 nitrogen and oxygen atoms in total. The molecular formula is C16H18Cl2N2. The van der Waals surface area contributed by atoms with Gasteiger partial charge in [0.1, 0.15) is 0 Å². The van der Waals surface area contributed by atoms with Crippen LogP contribution < -0.4 is 5.73 Å². The van der Waals surface area contributed by atoms with E-state index in [1.807, 2.05) is 30.3 Å². The largest absolute Gasteiger partial charge is 0.329 e. The van der Waals surface area contributed by atoms with Crippen molar-refractivity contribution in [3.8, 4) is 0 Å². The minimum absolute atomic E-state index is 0.0694. The van der Waals surface area contributed by atoms with Crippen LogP contribution in [0.3, 0.4) is 0 Å². The van der Waals surface area contributed by atoms with Crippen molar-refractivity contribution < 1.29 is 0 Å². The highest BCUT2D eigenvalue weighted by Gasteiger charge is 2.18. The summed E-state index contributed by atoms with van der Waals surface area (Å²) in [6, 6.07) is 15.9. The zero-order chi connectivity index (χ0) is 14.5. The molecule has 1 unspecified atom stereocenters. The molecule has 0 amide bonds. The van der Waals surface area contributed by atoms with Gasteiger partial charge in [-0.05, 0) is 30.3 Å². The number of nitrogens with two attached hydrogens (primary N) is 1. The summed E-state index contributed by atoms with van der Waals surface area (Å²) in [4.78, 5) is 2.20. The van der Waals surface area contributed by atoms with E-state index in [2.05, 4.69) is 24.1 Å². The lowest BCUT2D eigenvalue weighted by molar-refractivity contribution is 0.242. The zero-order valence-electron chi connectivity index (χ0n) is 11.4. The van der Waals surface area contributed by atoms with E-state index in [9.17, 15) is 0 Å². The van der Waals surface area contributed by atoms with E-state index in [0.717, 1.165) is 12.1 Å². The predicted molar refractivity (Wildman–Crippen MR) is 86.2 cm³/mol. The summed E-state index contributed by atoms with van der Waals surface area (Å²) in [6.07, 6.45) is 0. The summed E-state index contributed by atoms with van der Waals surface area (Å²) in [5.41, 5.74) is 8.19. The van der Waals surface area contributed by atoms with Gasteiger partial charge in [-0.25, -0.2) is 0 Å². The van der Waals surface area contributed by atoms with E-state index in [-0.39, 0.29) is 6.04 Å². The Balaban J connectivity index is 2.19. The standard InChI is InChI=1S/C16H18Cl2N2/c1-20(11-12-5-3-2-4-6-12)16(10-19)14-8-7-13(17)9-15(14)18/h2-9,16H,10-11,19H2,1H3. The second-order valence-electron chi connectivity index (χ2n) is 4.82. The highest BCUT2D eigenvalue weighted by Crippen LogP contribution is 2.29. The Labute approximate surface area is 130 Å². The van der Waals surface area contributed by atoms with Crippen LogP contribution in [0.15, 0.2) is 48.5 Å². The fourth-order valence-corrected chi connectivity index (χ4v) is 2.83. The Morgan fingerprint density at radius 2 is 1.80 bits per heavy atom. The molecule has 1 atom stereocenters. The molecule has 0 radical (unpaired) electrons. The van der Waals surface area contributed by atoms with Gasteiger partial charge < -0.3 is 5.73 Å². The number of hydrogen-bond acceptors (Lipinski definition) is 2. The third-order valence-corrected chi connectivity index (χ3v) is 3.91. The van der Waals surface area contributed by atoms with E-state index >= 15 is 0 Å². The number of likely N-dealkylation sites (N-methyl/N-ethyl adjacent to an activating group) is 1. The number of benzene rings is 2. The van der Waals surface area contributed by atoms with Crippen LogP contribution in [0.4, 0.5) is 0 Å². The third-order valence-electron chi connectivity index (χ3n) is 3.35. The van der Waals surface area contributed by atoms with E-state index in [0.29, 0.717) is 16.6 Å². The Morgan fingerprint density at radius 1 is 1.10 bits per heavy atom. The summed E-state index contributed by atoms with van der Waals surface area (Å²) in [6.45, 7) is 1.33. The molecule has 0 saturated carbocycles. The molecule has 20 heavy (non-hydrogen) atoms. The van der Waals surface area contributed by atoms with Crippen molar-refractivity contribution in [1.29, 1.82) is 0 Å². The van der Waals surface area contributed by atoms with Crippen LogP contribution in [-0.2, 0) is 6.54 Å². The fraction of sp³-hybridized carbons (Fsp3) is 0.250. The smallest absolute Gasteiger partial charge is 0.0485 e. The topological polar surface area (TPSA) is 29.3 Å². The van der Waals surface area contributed by atoms with E-state index < -0.39 is 0 Å². The predicted octanol–water partition coefficient (Wildman–Crippen LogP) is 4.13. The summed E-state index contributed by atoms with van der Waals surface area (Å²) >= 11 is 12.2. The number of rotatable bonds is 5. The van der Waals surface area contributed by atoms with Crippen molar-refractivity contribution in [3.05, 3.63) is 69.7 Å². The zero-order valence-corrected chi connectivity index (χ0v) is 12.9. The van der Waals surface area contributed by atoms with Gasteiger partial charge in [0.2, 0.25) is 0 Å². The van der Waals surface area contributed by atoms with Gasteiger partial charge in [0.05, 0.1) is 0 Å². The Kier molecular flexibility index (Phi) is 5.44. The van der Waals surface area contributed by atoms with Crippen LogP contribution in [0.25, 0.3) is 0 Å². The van der Waals surface area contributed by atoms with Gasteiger partial charge in [-0.1, -0.05) is 59.6 Å². The van der Waals surface area contributed by atoms with Crippen LogP contribution in [0.2, 0.25) is 10.0 Å². The first-order valence-corrected chi connectivity index (χ1v) is 7.26. The molecule has 0 aromatic heterocycles. The molecule has 0 fully saturated rings. The lowest BCUT2D eigenvalue weighted by atomic mass is 10.0. The van der Waals surface area contributed by atoms with Crippen molar-refractivity contribution >= 4 is 23.2 Å². The number of nitrogens with zero attached hydrogens (tertiary/aromatic N) is 1. The first-order chi connectivity index (χ1) is 9.61. The van der Waals surface area contributed by atoms with Gasteiger partial charge in [0, 0.05) is 29.2 Å². The van der Waals surface area contributed by atoms with Gasteiger partial charge in [-0.15, -0.1) is 0 Å². The average Bonchev–Trinajstić information content (AvgIpc) is 2.43.